The Balaban J connectivity index is 2.01. The smallest absolute Gasteiger partial charge is 0.146 e. The van der Waals surface area contributed by atoms with Crippen LogP contribution in [0.5, 0.6) is 0 Å². The molecule has 1 unspecified atom stereocenters. The van der Waals surface area contributed by atoms with E-state index in [9.17, 15) is 4.79 Å². The molecule has 2 N–H and O–H groups in total. The summed E-state index contributed by atoms with van der Waals surface area (Å²) in [6.07, 6.45) is 5.84. The Morgan fingerprint density at radius 1 is 1.29 bits per heavy atom. The van der Waals surface area contributed by atoms with Gasteiger partial charge in [0.25, 0.3) is 0 Å². The maximum absolute atomic E-state index is 11.3. The van der Waals surface area contributed by atoms with Gasteiger partial charge in [-0.3, -0.25) is 4.79 Å². The van der Waals surface area contributed by atoms with Gasteiger partial charge in [-0.15, -0.1) is 0 Å². The Morgan fingerprint density at radius 2 is 2.00 bits per heavy atom. The number of hydrogen-bond donors (Lipinski definition) is 2. The summed E-state index contributed by atoms with van der Waals surface area (Å²) in [6, 6.07) is 0.127. The van der Waals surface area contributed by atoms with Gasteiger partial charge in [0.2, 0.25) is 0 Å². The van der Waals surface area contributed by atoms with E-state index in [0.717, 1.165) is 19.5 Å². The van der Waals surface area contributed by atoms with Crippen molar-refractivity contribution in [1.29, 1.82) is 0 Å². The first-order valence-electron chi connectivity index (χ1n) is 5.71. The summed E-state index contributed by atoms with van der Waals surface area (Å²) in [6.45, 7) is 3.90. The van der Waals surface area contributed by atoms with Crippen LogP contribution in [-0.4, -0.2) is 30.5 Å². The van der Waals surface area contributed by atoms with Gasteiger partial charge in [0.15, 0.2) is 0 Å². The van der Waals surface area contributed by atoms with Crippen molar-refractivity contribution in [2.24, 2.45) is 0 Å². The van der Waals surface area contributed by atoms with Crippen molar-refractivity contribution in [2.45, 2.75) is 50.6 Å². The number of carbonyl (C=O) groups is 1. The van der Waals surface area contributed by atoms with Crippen molar-refractivity contribution >= 4 is 5.78 Å². The number of nitrogens with one attached hydrogen (secondary N) is 2. The number of piperidine rings is 2. The maximum atomic E-state index is 11.3. The van der Waals surface area contributed by atoms with Gasteiger partial charge in [-0.05, 0) is 52.1 Å². The van der Waals surface area contributed by atoms with E-state index in [1.54, 1.807) is 6.92 Å². The van der Waals surface area contributed by atoms with Gasteiger partial charge in [-0.1, -0.05) is 0 Å². The molecule has 2 fully saturated rings. The zero-order valence-corrected chi connectivity index (χ0v) is 8.94. The van der Waals surface area contributed by atoms with Crippen LogP contribution in [0.3, 0.4) is 0 Å². The lowest BCUT2D eigenvalue weighted by Gasteiger charge is -2.44. The highest BCUT2D eigenvalue weighted by Crippen LogP contribution is 2.30. The Labute approximate surface area is 85.6 Å². The topological polar surface area (TPSA) is 41.1 Å². The fourth-order valence-corrected chi connectivity index (χ4v) is 2.76. The van der Waals surface area contributed by atoms with Crippen LogP contribution in [-0.2, 0) is 4.79 Å². The van der Waals surface area contributed by atoms with Crippen LogP contribution in [0.15, 0.2) is 0 Å². The summed E-state index contributed by atoms with van der Waals surface area (Å²) >= 11 is 0. The normalized spacial score (nSPS) is 31.6. The highest BCUT2D eigenvalue weighted by molar-refractivity contribution is 5.81. The molecule has 0 aliphatic carbocycles. The third kappa shape index (κ3) is 1.98. The molecule has 2 heterocycles. The van der Waals surface area contributed by atoms with Crippen molar-refractivity contribution in [2.75, 3.05) is 13.1 Å². The van der Waals surface area contributed by atoms with E-state index in [1.807, 2.05) is 0 Å². The SMILES string of the molecule is CC(=O)C1CCCC2(CCNCC2)N1. The maximum Gasteiger partial charge on any atom is 0.146 e. The second kappa shape index (κ2) is 3.99. The molecule has 0 amide bonds. The minimum atomic E-state index is 0.127. The molecular weight excluding hydrogens is 176 g/mol. The summed E-state index contributed by atoms with van der Waals surface area (Å²) in [5.74, 6) is 0.308. The molecule has 1 atom stereocenters. The Morgan fingerprint density at radius 3 is 2.64 bits per heavy atom. The molecule has 0 radical (unpaired) electrons. The second-order valence-electron chi connectivity index (χ2n) is 4.73. The molecule has 2 saturated heterocycles. The molecule has 0 saturated carbocycles. The van der Waals surface area contributed by atoms with Crippen molar-refractivity contribution in [1.82, 2.24) is 10.6 Å². The standard InChI is InChI=1S/C11H20N2O/c1-9(14)10-3-2-4-11(13-10)5-7-12-8-6-11/h10,12-13H,2-8H2,1H3. The van der Waals surface area contributed by atoms with E-state index in [1.165, 1.54) is 25.7 Å². The van der Waals surface area contributed by atoms with Crippen LogP contribution >= 0.6 is 0 Å². The van der Waals surface area contributed by atoms with Crippen LogP contribution in [0, 0.1) is 0 Å². The average molecular weight is 196 g/mol. The van der Waals surface area contributed by atoms with Crippen LogP contribution in [0.2, 0.25) is 0 Å². The van der Waals surface area contributed by atoms with Crippen molar-refractivity contribution in [3.05, 3.63) is 0 Å². The zero-order chi connectivity index (χ0) is 10.0. The second-order valence-corrected chi connectivity index (χ2v) is 4.73. The van der Waals surface area contributed by atoms with E-state index >= 15 is 0 Å². The fraction of sp³-hybridized carbons (Fsp3) is 0.909. The summed E-state index contributed by atoms with van der Waals surface area (Å²) in [4.78, 5) is 11.3. The lowest BCUT2D eigenvalue weighted by atomic mass is 9.78. The Bertz CT molecular complexity index is 216. The predicted octanol–water partition coefficient (Wildman–Crippen LogP) is 0.840. The molecule has 3 heteroatoms. The van der Waals surface area contributed by atoms with Crippen molar-refractivity contribution in [3.8, 4) is 0 Å². The van der Waals surface area contributed by atoms with Crippen LogP contribution in [0.1, 0.15) is 39.0 Å². The van der Waals surface area contributed by atoms with E-state index in [0.29, 0.717) is 5.78 Å². The molecule has 2 aliphatic heterocycles. The molecule has 2 rings (SSSR count). The van der Waals surface area contributed by atoms with Crippen LogP contribution in [0.25, 0.3) is 0 Å². The van der Waals surface area contributed by atoms with E-state index in [4.69, 9.17) is 0 Å². The fourth-order valence-electron chi connectivity index (χ4n) is 2.76. The van der Waals surface area contributed by atoms with Crippen molar-refractivity contribution < 1.29 is 4.79 Å². The average Bonchev–Trinajstić information content (AvgIpc) is 2.19. The summed E-state index contributed by atoms with van der Waals surface area (Å²) in [7, 11) is 0. The van der Waals surface area contributed by atoms with E-state index in [2.05, 4.69) is 10.6 Å². The third-order valence-electron chi connectivity index (χ3n) is 3.68. The van der Waals surface area contributed by atoms with Gasteiger partial charge in [-0.2, -0.15) is 0 Å². The highest BCUT2D eigenvalue weighted by atomic mass is 16.1. The molecule has 0 aromatic heterocycles. The number of Topliss-reactive ketones (excluding diaryl/α,β-unsaturated/α-hetero) is 1. The van der Waals surface area contributed by atoms with Gasteiger partial charge in [0.05, 0.1) is 6.04 Å². The quantitative estimate of drug-likeness (QED) is 0.653. The number of hydrogen-bond acceptors (Lipinski definition) is 3. The molecule has 14 heavy (non-hydrogen) atoms. The van der Waals surface area contributed by atoms with Gasteiger partial charge < -0.3 is 10.6 Å². The Hall–Kier alpha value is -0.410. The molecule has 2 aliphatic rings. The van der Waals surface area contributed by atoms with Gasteiger partial charge in [0.1, 0.15) is 5.78 Å². The number of rotatable bonds is 1. The molecular formula is C11H20N2O. The zero-order valence-electron chi connectivity index (χ0n) is 8.94. The first-order valence-corrected chi connectivity index (χ1v) is 5.71. The summed E-state index contributed by atoms with van der Waals surface area (Å²) < 4.78 is 0. The van der Waals surface area contributed by atoms with Crippen molar-refractivity contribution in [3.63, 3.8) is 0 Å². The lowest BCUT2D eigenvalue weighted by Crippen LogP contribution is -2.59. The molecule has 3 nitrogen and oxygen atoms in total. The predicted molar refractivity (Wildman–Crippen MR) is 56.3 cm³/mol. The number of carbonyl (C=O) groups excluding carboxylic acids is 1. The summed E-state index contributed by atoms with van der Waals surface area (Å²) in [5.41, 5.74) is 0.278. The Kier molecular flexibility index (Phi) is 2.88. The molecule has 0 aromatic rings. The molecule has 0 aromatic carbocycles. The minimum Gasteiger partial charge on any atom is -0.317 e. The third-order valence-corrected chi connectivity index (χ3v) is 3.68. The first kappa shape index (κ1) is 10.1. The number of ketones is 1. The molecule has 1 spiro atoms. The van der Waals surface area contributed by atoms with Gasteiger partial charge in [0, 0.05) is 5.54 Å². The van der Waals surface area contributed by atoms with Gasteiger partial charge >= 0.3 is 0 Å². The van der Waals surface area contributed by atoms with E-state index in [-0.39, 0.29) is 11.6 Å². The van der Waals surface area contributed by atoms with Crippen LogP contribution < -0.4 is 10.6 Å². The monoisotopic (exact) mass is 196 g/mol. The highest BCUT2D eigenvalue weighted by Gasteiger charge is 2.37. The molecule has 0 bridgehead atoms. The van der Waals surface area contributed by atoms with Gasteiger partial charge in [-0.25, -0.2) is 0 Å². The largest absolute Gasteiger partial charge is 0.317 e. The lowest BCUT2D eigenvalue weighted by molar-refractivity contribution is -0.120. The van der Waals surface area contributed by atoms with Crippen LogP contribution in [0.4, 0.5) is 0 Å². The minimum absolute atomic E-state index is 0.127. The van der Waals surface area contributed by atoms with E-state index < -0.39 is 0 Å². The molecule has 80 valence electrons. The summed E-state index contributed by atoms with van der Waals surface area (Å²) in [5, 5.41) is 6.95. The first-order chi connectivity index (χ1) is 6.72.